The van der Waals surface area contributed by atoms with Crippen LogP contribution in [0, 0.1) is 23.7 Å². The average molecular weight is 586 g/mol. The van der Waals surface area contributed by atoms with Crippen molar-refractivity contribution in [3.05, 3.63) is 30.0 Å². The maximum Gasteiger partial charge on any atom is 0.374 e. The van der Waals surface area contributed by atoms with Gasteiger partial charge in [-0.25, -0.2) is 9.18 Å². The Hall–Kier alpha value is -2.98. The van der Waals surface area contributed by atoms with E-state index in [-0.39, 0.29) is 48.0 Å². The highest BCUT2D eigenvalue weighted by Crippen LogP contribution is 2.42. The van der Waals surface area contributed by atoms with Gasteiger partial charge in [-0.1, -0.05) is 0 Å². The van der Waals surface area contributed by atoms with E-state index in [1.807, 2.05) is 4.90 Å². The zero-order chi connectivity index (χ0) is 29.8. The van der Waals surface area contributed by atoms with Crippen LogP contribution in [0.2, 0.25) is 0 Å². The number of hydrogen-bond acceptors (Lipinski definition) is 7. The highest BCUT2D eigenvalue weighted by Gasteiger charge is 2.47. The van der Waals surface area contributed by atoms with Crippen LogP contribution in [0.1, 0.15) is 75.3 Å². The predicted molar refractivity (Wildman–Crippen MR) is 157 cm³/mol. The normalized spacial score (nSPS) is 28.9. The number of amides is 2. The molecule has 0 spiro atoms. The second-order valence-electron chi connectivity index (χ2n) is 12.2. The van der Waals surface area contributed by atoms with Gasteiger partial charge < -0.3 is 29.8 Å². The van der Waals surface area contributed by atoms with E-state index >= 15 is 0 Å². The summed E-state index contributed by atoms with van der Waals surface area (Å²) < 4.78 is 29.4. The van der Waals surface area contributed by atoms with E-state index in [9.17, 15) is 18.8 Å². The van der Waals surface area contributed by atoms with Crippen LogP contribution in [0.25, 0.3) is 11.0 Å². The molecule has 5 rings (SSSR count). The van der Waals surface area contributed by atoms with Crippen LogP contribution in [-0.2, 0) is 19.1 Å². The van der Waals surface area contributed by atoms with Crippen LogP contribution in [0.5, 0.6) is 0 Å². The van der Waals surface area contributed by atoms with Gasteiger partial charge in [0.1, 0.15) is 18.3 Å². The first-order chi connectivity index (χ1) is 20.3. The van der Waals surface area contributed by atoms with Crippen LogP contribution in [0.4, 0.5) is 10.1 Å². The van der Waals surface area contributed by atoms with E-state index in [0.29, 0.717) is 42.0 Å². The summed E-state index contributed by atoms with van der Waals surface area (Å²) in [7, 11) is 1.75. The van der Waals surface area contributed by atoms with Crippen LogP contribution >= 0.6 is 0 Å². The summed E-state index contributed by atoms with van der Waals surface area (Å²) in [6.07, 6.45) is 7.70. The molecular formula is C32H44FN3O6. The Morgan fingerprint density at radius 1 is 1.07 bits per heavy atom. The Labute approximate surface area is 246 Å². The van der Waals surface area contributed by atoms with E-state index in [0.717, 1.165) is 44.9 Å². The number of halogens is 1. The molecule has 230 valence electrons. The van der Waals surface area contributed by atoms with Crippen LogP contribution in [0.3, 0.4) is 0 Å². The van der Waals surface area contributed by atoms with Crippen molar-refractivity contribution in [3.63, 3.8) is 0 Å². The van der Waals surface area contributed by atoms with Gasteiger partial charge in [0.15, 0.2) is 0 Å². The lowest BCUT2D eigenvalue weighted by molar-refractivity contribution is -0.142. The Bertz CT molecular complexity index is 1250. The van der Waals surface area contributed by atoms with Crippen LogP contribution in [-0.4, -0.2) is 67.8 Å². The number of ether oxygens (including phenoxy) is 2. The Kier molecular flexibility index (Phi) is 9.83. The molecule has 0 unspecified atom stereocenters. The topological polar surface area (TPSA) is 124 Å². The Morgan fingerprint density at radius 3 is 2.48 bits per heavy atom. The standard InChI is InChI=1S/C32H44FN3O6/c1-3-41-32(39)28-17-22-16-23(10-13-27(22)42-28)35-30(37)29-25(19-8-11-24(40-2)12-9-19)14-15-36(29)31(38)21-6-4-20(5-7-21)26(34)18-33/h10,13,16-17,19-21,24-26,29H,3-9,11-12,14-15,18,34H2,1-2H3,(H,35,37)/t19?,20-,21-,24?,25-,26-,29-/m1/s1. The molecule has 0 bridgehead atoms. The summed E-state index contributed by atoms with van der Waals surface area (Å²) >= 11 is 0. The van der Waals surface area contributed by atoms with Gasteiger partial charge in [-0.15, -0.1) is 0 Å². The van der Waals surface area contributed by atoms with Crippen molar-refractivity contribution in [3.8, 4) is 0 Å². The van der Waals surface area contributed by atoms with Crippen molar-refractivity contribution in [2.75, 3.05) is 32.3 Å². The molecule has 1 aliphatic heterocycles. The number of esters is 1. The lowest BCUT2D eigenvalue weighted by Gasteiger charge is -2.37. The van der Waals surface area contributed by atoms with Crippen molar-refractivity contribution in [1.29, 1.82) is 0 Å². The molecule has 1 saturated heterocycles. The first kappa shape index (κ1) is 30.5. The molecule has 3 N–H and O–H groups in total. The van der Waals surface area contributed by atoms with Gasteiger partial charge in [0, 0.05) is 36.7 Å². The number of nitrogens with zero attached hydrogens (tertiary/aromatic N) is 1. The third kappa shape index (κ3) is 6.49. The van der Waals surface area contributed by atoms with Gasteiger partial charge in [-0.3, -0.25) is 9.59 Å². The lowest BCUT2D eigenvalue weighted by atomic mass is 9.75. The molecule has 1 aromatic heterocycles. The number of nitrogens with two attached hydrogens (primary N) is 1. The molecule has 2 aliphatic carbocycles. The second-order valence-corrected chi connectivity index (χ2v) is 12.2. The number of carbonyl (C=O) groups excluding carboxylic acids is 3. The number of nitrogens with one attached hydrogen (secondary N) is 1. The second kappa shape index (κ2) is 13.5. The summed E-state index contributed by atoms with van der Waals surface area (Å²) in [4.78, 5) is 41.9. The summed E-state index contributed by atoms with van der Waals surface area (Å²) in [6.45, 7) is 1.99. The first-order valence-corrected chi connectivity index (χ1v) is 15.5. The SMILES string of the molecule is CCOC(=O)c1cc2cc(NC(=O)[C@H]3[C@@H](C4CCC(OC)CC4)CCN3C(=O)[C@H]3CC[C@H]([C@H](N)CF)CC3)ccc2o1. The highest BCUT2D eigenvalue weighted by molar-refractivity contribution is 6.00. The predicted octanol–water partition coefficient (Wildman–Crippen LogP) is 5.07. The molecule has 2 heterocycles. The molecule has 2 saturated carbocycles. The van der Waals surface area contributed by atoms with Gasteiger partial charge in [0.25, 0.3) is 0 Å². The molecule has 3 aliphatic rings. The molecule has 10 heteroatoms. The van der Waals surface area contributed by atoms with Crippen molar-refractivity contribution >= 4 is 34.4 Å². The number of benzene rings is 1. The molecule has 0 radical (unpaired) electrons. The lowest BCUT2D eigenvalue weighted by Crippen LogP contribution is -2.50. The quantitative estimate of drug-likeness (QED) is 0.394. The van der Waals surface area contributed by atoms with E-state index in [2.05, 4.69) is 5.32 Å². The minimum Gasteiger partial charge on any atom is -0.460 e. The van der Waals surface area contributed by atoms with Crippen molar-refractivity contribution in [2.24, 2.45) is 29.4 Å². The van der Waals surface area contributed by atoms with Crippen LogP contribution < -0.4 is 11.1 Å². The zero-order valence-corrected chi connectivity index (χ0v) is 24.7. The molecule has 42 heavy (non-hydrogen) atoms. The van der Waals surface area contributed by atoms with Crippen LogP contribution in [0.15, 0.2) is 28.7 Å². The number of alkyl halides is 1. The third-order valence-electron chi connectivity index (χ3n) is 9.82. The van der Waals surface area contributed by atoms with Crippen molar-refractivity contribution < 1.29 is 32.7 Å². The summed E-state index contributed by atoms with van der Waals surface area (Å²) in [5.74, 6) is -0.260. The smallest absolute Gasteiger partial charge is 0.374 e. The molecular weight excluding hydrogens is 541 g/mol. The van der Waals surface area contributed by atoms with Gasteiger partial charge >= 0.3 is 5.97 Å². The van der Waals surface area contributed by atoms with E-state index in [4.69, 9.17) is 19.6 Å². The number of fused-ring (bicyclic) bond motifs is 1. The van der Waals surface area contributed by atoms with Gasteiger partial charge in [-0.05, 0) is 107 Å². The van der Waals surface area contributed by atoms with E-state index in [1.54, 1.807) is 38.3 Å². The number of anilines is 1. The molecule has 2 amide bonds. The fraction of sp³-hybridized carbons (Fsp3) is 0.656. The zero-order valence-electron chi connectivity index (χ0n) is 24.7. The minimum atomic E-state index is -0.567. The monoisotopic (exact) mass is 585 g/mol. The van der Waals surface area contributed by atoms with E-state index in [1.165, 1.54) is 0 Å². The molecule has 9 nitrogen and oxygen atoms in total. The van der Waals surface area contributed by atoms with Gasteiger partial charge in [-0.2, -0.15) is 0 Å². The molecule has 3 atom stereocenters. The maximum absolute atomic E-state index is 14.0. The Balaban J connectivity index is 1.33. The van der Waals surface area contributed by atoms with Crippen molar-refractivity contribution in [1.82, 2.24) is 4.90 Å². The number of rotatable bonds is 9. The summed E-state index contributed by atoms with van der Waals surface area (Å²) in [5.41, 5.74) is 7.04. The van der Waals surface area contributed by atoms with Gasteiger partial charge in [0.05, 0.1) is 12.7 Å². The maximum atomic E-state index is 14.0. The molecule has 3 fully saturated rings. The number of carbonyl (C=O) groups is 3. The molecule has 1 aromatic carbocycles. The summed E-state index contributed by atoms with van der Waals surface area (Å²) in [5, 5.41) is 3.75. The largest absolute Gasteiger partial charge is 0.460 e. The minimum absolute atomic E-state index is 0.0277. The Morgan fingerprint density at radius 2 is 1.81 bits per heavy atom. The summed E-state index contributed by atoms with van der Waals surface area (Å²) in [6, 6.07) is 5.80. The number of methoxy groups -OCH3 is 1. The number of likely N-dealkylation sites (tertiary alicyclic amines) is 1. The van der Waals surface area contributed by atoms with E-state index < -0.39 is 24.7 Å². The first-order valence-electron chi connectivity index (χ1n) is 15.5. The number of hydrogen-bond donors (Lipinski definition) is 2. The molecule has 2 aromatic rings. The number of furan rings is 1. The fourth-order valence-corrected chi connectivity index (χ4v) is 7.44. The van der Waals surface area contributed by atoms with Crippen molar-refractivity contribution in [2.45, 2.75) is 82.9 Å². The third-order valence-corrected chi connectivity index (χ3v) is 9.82. The fourth-order valence-electron chi connectivity index (χ4n) is 7.44. The average Bonchev–Trinajstić information content (AvgIpc) is 3.65. The highest BCUT2D eigenvalue weighted by atomic mass is 19.1. The van der Waals surface area contributed by atoms with Gasteiger partial charge in [0.2, 0.25) is 17.6 Å².